The van der Waals surface area contributed by atoms with Crippen molar-refractivity contribution in [3.63, 3.8) is 0 Å². The largest absolute Gasteiger partial charge is 0.416 e. The minimum absolute atomic E-state index is 0.276. The molecule has 112 valence electrons. The number of ketones is 1. The van der Waals surface area contributed by atoms with Gasteiger partial charge in [-0.2, -0.15) is 13.2 Å². The Kier molecular flexibility index (Phi) is 4.96. The normalized spacial score (nSPS) is 14.1. The first kappa shape index (κ1) is 16.7. The maximum Gasteiger partial charge on any atom is 0.416 e. The van der Waals surface area contributed by atoms with E-state index in [-0.39, 0.29) is 10.8 Å². The number of halogens is 3. The molecule has 1 aromatic rings. The minimum atomic E-state index is -4.52. The van der Waals surface area contributed by atoms with Crippen molar-refractivity contribution in [2.45, 2.75) is 31.3 Å². The van der Waals surface area contributed by atoms with Crippen molar-refractivity contribution >= 4 is 15.6 Å². The van der Waals surface area contributed by atoms with Gasteiger partial charge in [0.25, 0.3) is 0 Å². The van der Waals surface area contributed by atoms with Crippen LogP contribution in [0.3, 0.4) is 0 Å². The van der Waals surface area contributed by atoms with Crippen LogP contribution in [0.2, 0.25) is 0 Å². The number of sulfone groups is 1. The Morgan fingerprint density at radius 2 is 1.70 bits per heavy atom. The fourth-order valence-corrected chi connectivity index (χ4v) is 2.87. The maximum atomic E-state index is 12.4. The van der Waals surface area contributed by atoms with Crippen LogP contribution in [0.4, 0.5) is 13.2 Å². The maximum absolute atomic E-state index is 12.4. The fraction of sp³-hybridized carbons (Fsp3) is 0.462. The molecule has 0 amide bonds. The molecule has 0 aromatic heterocycles. The summed E-state index contributed by atoms with van der Waals surface area (Å²) in [6.45, 7) is 3.37. The predicted octanol–water partition coefficient (Wildman–Crippen LogP) is 3.09. The van der Waals surface area contributed by atoms with E-state index in [9.17, 15) is 26.4 Å². The lowest BCUT2D eigenvalue weighted by Crippen LogP contribution is -2.21. The van der Waals surface area contributed by atoms with Crippen LogP contribution in [0, 0.1) is 5.92 Å². The topological polar surface area (TPSA) is 51.2 Å². The second-order valence-electron chi connectivity index (χ2n) is 4.56. The molecule has 0 aliphatic rings. The number of carbonyl (C=O) groups is 1. The number of hydrogen-bond donors (Lipinski definition) is 0. The number of carbonyl (C=O) groups excluding carboxylic acids is 1. The van der Waals surface area contributed by atoms with Crippen molar-refractivity contribution < 1.29 is 26.4 Å². The van der Waals surface area contributed by atoms with Gasteiger partial charge in [-0.1, -0.05) is 13.8 Å². The molecule has 7 heteroatoms. The first-order valence-electron chi connectivity index (χ1n) is 6.00. The monoisotopic (exact) mass is 308 g/mol. The van der Waals surface area contributed by atoms with E-state index < -0.39 is 33.1 Å². The lowest BCUT2D eigenvalue weighted by atomic mass is 10.1. The smallest absolute Gasteiger partial charge is 0.298 e. The summed E-state index contributed by atoms with van der Waals surface area (Å²) in [7, 11) is -3.89. The molecule has 0 aliphatic carbocycles. The summed E-state index contributed by atoms with van der Waals surface area (Å²) in [6, 6.07) is 3.14. The van der Waals surface area contributed by atoms with E-state index in [0.29, 0.717) is 18.6 Å². The molecular formula is C13H15F3O3S. The highest BCUT2D eigenvalue weighted by Crippen LogP contribution is 2.29. The SMILES string of the molecule is CCC(C)C(=O)CS(=O)(=O)c1ccc(C(F)(F)F)cc1. The third-order valence-corrected chi connectivity index (χ3v) is 4.69. The number of benzene rings is 1. The van der Waals surface area contributed by atoms with Crippen molar-refractivity contribution in [1.29, 1.82) is 0 Å². The molecule has 0 saturated carbocycles. The molecule has 0 saturated heterocycles. The van der Waals surface area contributed by atoms with Crippen LogP contribution >= 0.6 is 0 Å². The third kappa shape index (κ3) is 4.06. The van der Waals surface area contributed by atoms with Crippen molar-refractivity contribution in [1.82, 2.24) is 0 Å². The predicted molar refractivity (Wildman–Crippen MR) is 68.0 cm³/mol. The van der Waals surface area contributed by atoms with Gasteiger partial charge in [0.15, 0.2) is 15.6 Å². The third-order valence-electron chi connectivity index (χ3n) is 3.04. The van der Waals surface area contributed by atoms with Gasteiger partial charge >= 0.3 is 6.18 Å². The van der Waals surface area contributed by atoms with Crippen molar-refractivity contribution in [3.05, 3.63) is 29.8 Å². The van der Waals surface area contributed by atoms with E-state index in [1.54, 1.807) is 13.8 Å². The zero-order valence-corrected chi connectivity index (χ0v) is 11.9. The van der Waals surface area contributed by atoms with E-state index in [2.05, 4.69) is 0 Å². The molecule has 20 heavy (non-hydrogen) atoms. The second-order valence-corrected chi connectivity index (χ2v) is 6.55. The summed E-state index contributed by atoms with van der Waals surface area (Å²) in [5, 5.41) is 0. The zero-order chi connectivity index (χ0) is 15.6. The summed E-state index contributed by atoms with van der Waals surface area (Å²) in [4.78, 5) is 11.4. The highest BCUT2D eigenvalue weighted by molar-refractivity contribution is 7.92. The highest BCUT2D eigenvalue weighted by atomic mass is 32.2. The van der Waals surface area contributed by atoms with E-state index in [1.807, 2.05) is 0 Å². The summed E-state index contributed by atoms with van der Waals surface area (Å²) < 4.78 is 61.0. The summed E-state index contributed by atoms with van der Waals surface area (Å²) in [5.41, 5.74) is -0.926. The van der Waals surface area contributed by atoms with Crippen LogP contribution in [0.5, 0.6) is 0 Å². The van der Waals surface area contributed by atoms with Gasteiger partial charge in [-0.25, -0.2) is 8.42 Å². The van der Waals surface area contributed by atoms with Crippen LogP contribution in [-0.2, 0) is 20.8 Å². The van der Waals surface area contributed by atoms with E-state index >= 15 is 0 Å². The fourth-order valence-electron chi connectivity index (χ4n) is 1.49. The van der Waals surface area contributed by atoms with E-state index in [1.165, 1.54) is 0 Å². The number of hydrogen-bond acceptors (Lipinski definition) is 3. The Balaban J connectivity index is 2.97. The van der Waals surface area contributed by atoms with Crippen LogP contribution in [0.25, 0.3) is 0 Å². The second kappa shape index (κ2) is 5.95. The summed E-state index contributed by atoms with van der Waals surface area (Å²) in [5.74, 6) is -1.51. The van der Waals surface area contributed by atoms with Crippen LogP contribution in [0.15, 0.2) is 29.2 Å². The van der Waals surface area contributed by atoms with Gasteiger partial charge in [-0.3, -0.25) is 4.79 Å². The molecule has 1 rings (SSSR count). The van der Waals surface area contributed by atoms with Gasteiger partial charge in [0.1, 0.15) is 5.75 Å². The number of alkyl halides is 3. The molecule has 0 heterocycles. The highest BCUT2D eigenvalue weighted by Gasteiger charge is 2.31. The molecular weight excluding hydrogens is 293 g/mol. The Morgan fingerprint density at radius 1 is 1.20 bits per heavy atom. The van der Waals surface area contributed by atoms with Gasteiger partial charge in [-0.15, -0.1) is 0 Å². The van der Waals surface area contributed by atoms with Crippen molar-refractivity contribution in [3.8, 4) is 0 Å². The standard InChI is InChI=1S/C13H15F3O3S/c1-3-9(2)12(17)8-20(18,19)11-6-4-10(5-7-11)13(14,15)16/h4-7,9H,3,8H2,1-2H3. The Bertz CT molecular complexity index is 574. The average molecular weight is 308 g/mol. The lowest BCUT2D eigenvalue weighted by Gasteiger charge is -2.10. The van der Waals surface area contributed by atoms with Crippen LogP contribution < -0.4 is 0 Å². The first-order valence-corrected chi connectivity index (χ1v) is 7.66. The Morgan fingerprint density at radius 3 is 2.10 bits per heavy atom. The molecule has 3 nitrogen and oxygen atoms in total. The molecule has 0 N–H and O–H groups in total. The molecule has 0 bridgehead atoms. The van der Waals surface area contributed by atoms with Gasteiger partial charge < -0.3 is 0 Å². The van der Waals surface area contributed by atoms with Gasteiger partial charge in [0, 0.05) is 5.92 Å². The van der Waals surface area contributed by atoms with Crippen LogP contribution in [-0.4, -0.2) is 20.0 Å². The molecule has 1 unspecified atom stereocenters. The Labute approximate surface area is 115 Å². The zero-order valence-electron chi connectivity index (χ0n) is 11.1. The van der Waals surface area contributed by atoms with Crippen molar-refractivity contribution in [2.75, 3.05) is 5.75 Å². The minimum Gasteiger partial charge on any atom is -0.298 e. The van der Waals surface area contributed by atoms with Crippen LogP contribution in [0.1, 0.15) is 25.8 Å². The first-order chi connectivity index (χ1) is 9.08. The molecule has 0 aliphatic heterocycles. The quantitative estimate of drug-likeness (QED) is 0.840. The van der Waals surface area contributed by atoms with Gasteiger partial charge in [0.05, 0.1) is 10.5 Å². The lowest BCUT2D eigenvalue weighted by molar-refractivity contribution is -0.137. The molecule has 0 spiro atoms. The summed E-state index contributed by atoms with van der Waals surface area (Å²) in [6.07, 6.45) is -4.00. The number of Topliss-reactive ketones (excluding diaryl/α,β-unsaturated/α-hetero) is 1. The molecule has 1 aromatic carbocycles. The molecule has 0 radical (unpaired) electrons. The number of rotatable bonds is 5. The average Bonchev–Trinajstić information content (AvgIpc) is 2.36. The van der Waals surface area contributed by atoms with Gasteiger partial charge in [0.2, 0.25) is 0 Å². The molecule has 0 fully saturated rings. The Hall–Kier alpha value is -1.37. The van der Waals surface area contributed by atoms with Crippen molar-refractivity contribution in [2.24, 2.45) is 5.92 Å². The summed E-state index contributed by atoms with van der Waals surface area (Å²) >= 11 is 0. The molecule has 1 atom stereocenters. The van der Waals surface area contributed by atoms with E-state index in [4.69, 9.17) is 0 Å². The van der Waals surface area contributed by atoms with E-state index in [0.717, 1.165) is 12.1 Å². The van der Waals surface area contributed by atoms with Gasteiger partial charge in [-0.05, 0) is 30.7 Å².